The lowest BCUT2D eigenvalue weighted by atomic mass is 9.91. The monoisotopic (exact) mass is 278 g/mol. The molecule has 3 unspecified atom stereocenters. The molecule has 1 aromatic rings. The highest BCUT2D eigenvalue weighted by Gasteiger charge is 2.24. The summed E-state index contributed by atoms with van der Waals surface area (Å²) < 4.78 is 2.01. The van der Waals surface area contributed by atoms with Gasteiger partial charge in [-0.2, -0.15) is 5.10 Å². The van der Waals surface area contributed by atoms with Gasteiger partial charge in [-0.05, 0) is 58.2 Å². The Morgan fingerprint density at radius 3 is 2.95 bits per heavy atom. The van der Waals surface area contributed by atoms with Gasteiger partial charge in [-0.1, -0.05) is 6.92 Å². The fraction of sp³-hybridized carbons (Fsp3) is 0.812. The van der Waals surface area contributed by atoms with Crippen LogP contribution in [0.25, 0.3) is 0 Å². The number of piperidine rings is 1. The molecule has 1 N–H and O–H groups in total. The van der Waals surface area contributed by atoms with E-state index < -0.39 is 0 Å². The molecule has 0 aliphatic carbocycles. The Morgan fingerprint density at radius 1 is 1.40 bits per heavy atom. The Labute approximate surface area is 123 Å². The van der Waals surface area contributed by atoms with Crippen LogP contribution in [0.3, 0.4) is 0 Å². The Hall–Kier alpha value is -0.870. The van der Waals surface area contributed by atoms with Gasteiger partial charge in [0.25, 0.3) is 0 Å². The van der Waals surface area contributed by atoms with E-state index in [0.29, 0.717) is 12.1 Å². The maximum Gasteiger partial charge on any atom is 0.0560 e. The number of rotatable bonds is 7. The van der Waals surface area contributed by atoms with Crippen LogP contribution in [0.15, 0.2) is 18.5 Å². The Bertz CT molecular complexity index is 361. The molecule has 20 heavy (non-hydrogen) atoms. The van der Waals surface area contributed by atoms with Crippen molar-refractivity contribution in [3.05, 3.63) is 18.5 Å². The van der Waals surface area contributed by atoms with Crippen LogP contribution in [0.1, 0.15) is 40.0 Å². The normalized spacial score (nSPS) is 23.6. The summed E-state index contributed by atoms with van der Waals surface area (Å²) in [4.78, 5) is 2.63. The van der Waals surface area contributed by atoms with Crippen molar-refractivity contribution in [1.82, 2.24) is 20.0 Å². The van der Waals surface area contributed by atoms with Crippen molar-refractivity contribution in [2.45, 2.75) is 58.7 Å². The molecule has 0 spiro atoms. The summed E-state index contributed by atoms with van der Waals surface area (Å²) in [5.41, 5.74) is 0. The summed E-state index contributed by atoms with van der Waals surface area (Å²) in [6, 6.07) is 3.03. The van der Waals surface area contributed by atoms with Gasteiger partial charge in [-0.15, -0.1) is 0 Å². The quantitative estimate of drug-likeness (QED) is 0.831. The van der Waals surface area contributed by atoms with Crippen molar-refractivity contribution >= 4 is 0 Å². The van der Waals surface area contributed by atoms with Gasteiger partial charge in [-0.3, -0.25) is 4.68 Å². The second kappa shape index (κ2) is 7.79. The lowest BCUT2D eigenvalue weighted by molar-refractivity contribution is 0.146. The highest BCUT2D eigenvalue weighted by molar-refractivity contribution is 4.83. The zero-order valence-electron chi connectivity index (χ0n) is 13.3. The molecule has 1 aromatic heterocycles. The van der Waals surface area contributed by atoms with Crippen LogP contribution in [-0.2, 0) is 6.54 Å². The fourth-order valence-corrected chi connectivity index (χ4v) is 3.35. The SMILES string of the molecule is CCCN1CCCC(C(C)NC(C)Cn2cccn2)C1. The minimum absolute atomic E-state index is 0.464. The van der Waals surface area contributed by atoms with Crippen LogP contribution >= 0.6 is 0 Å². The van der Waals surface area contributed by atoms with Crippen LogP contribution in [0, 0.1) is 5.92 Å². The zero-order chi connectivity index (χ0) is 14.4. The molecule has 1 fully saturated rings. The molecule has 2 rings (SSSR count). The highest BCUT2D eigenvalue weighted by atomic mass is 15.3. The number of hydrogen-bond acceptors (Lipinski definition) is 3. The van der Waals surface area contributed by atoms with Crippen molar-refractivity contribution in [3.8, 4) is 0 Å². The van der Waals surface area contributed by atoms with Gasteiger partial charge >= 0.3 is 0 Å². The number of nitrogens with zero attached hydrogens (tertiary/aromatic N) is 3. The molecule has 1 aliphatic heterocycles. The molecule has 3 atom stereocenters. The van der Waals surface area contributed by atoms with E-state index in [0.717, 1.165) is 12.5 Å². The topological polar surface area (TPSA) is 33.1 Å². The summed E-state index contributed by atoms with van der Waals surface area (Å²) in [5, 5.41) is 8.04. The van der Waals surface area contributed by atoms with E-state index in [9.17, 15) is 0 Å². The van der Waals surface area contributed by atoms with Crippen molar-refractivity contribution in [3.63, 3.8) is 0 Å². The van der Waals surface area contributed by atoms with Crippen LogP contribution in [0.4, 0.5) is 0 Å². The van der Waals surface area contributed by atoms with E-state index in [1.807, 2.05) is 23.1 Å². The molecule has 0 saturated carbocycles. The van der Waals surface area contributed by atoms with Crippen molar-refractivity contribution in [2.75, 3.05) is 19.6 Å². The lowest BCUT2D eigenvalue weighted by Crippen LogP contribution is -2.47. The lowest BCUT2D eigenvalue weighted by Gasteiger charge is -2.37. The fourth-order valence-electron chi connectivity index (χ4n) is 3.35. The molecule has 4 nitrogen and oxygen atoms in total. The third-order valence-corrected chi connectivity index (χ3v) is 4.36. The van der Waals surface area contributed by atoms with E-state index in [2.05, 4.69) is 36.1 Å². The number of aromatic nitrogens is 2. The Balaban J connectivity index is 1.76. The minimum Gasteiger partial charge on any atom is -0.310 e. The second-order valence-corrected chi connectivity index (χ2v) is 6.29. The standard InChI is InChI=1S/C16H30N4/c1-4-9-19-10-5-7-16(13-19)15(3)18-14(2)12-20-11-6-8-17-20/h6,8,11,14-16,18H,4-5,7,9-10,12-13H2,1-3H3. The molecule has 114 valence electrons. The van der Waals surface area contributed by atoms with E-state index in [-0.39, 0.29) is 0 Å². The van der Waals surface area contributed by atoms with Crippen molar-refractivity contribution in [1.29, 1.82) is 0 Å². The Morgan fingerprint density at radius 2 is 2.25 bits per heavy atom. The maximum atomic E-state index is 4.28. The first-order valence-electron chi connectivity index (χ1n) is 8.15. The molecule has 1 saturated heterocycles. The largest absolute Gasteiger partial charge is 0.310 e. The van der Waals surface area contributed by atoms with Crippen LogP contribution in [0.2, 0.25) is 0 Å². The number of likely N-dealkylation sites (tertiary alicyclic amines) is 1. The van der Waals surface area contributed by atoms with E-state index >= 15 is 0 Å². The predicted octanol–water partition coefficient (Wildman–Crippen LogP) is 2.37. The molecular formula is C16H30N4. The van der Waals surface area contributed by atoms with Gasteiger partial charge in [0.15, 0.2) is 0 Å². The van der Waals surface area contributed by atoms with Gasteiger partial charge in [0.1, 0.15) is 0 Å². The molecule has 2 heterocycles. The van der Waals surface area contributed by atoms with E-state index in [1.54, 1.807) is 0 Å². The van der Waals surface area contributed by atoms with E-state index in [1.165, 1.54) is 38.9 Å². The van der Waals surface area contributed by atoms with Gasteiger partial charge in [0, 0.05) is 31.0 Å². The molecule has 0 aromatic carbocycles. The molecule has 4 heteroatoms. The second-order valence-electron chi connectivity index (χ2n) is 6.29. The van der Waals surface area contributed by atoms with Crippen LogP contribution in [-0.4, -0.2) is 46.4 Å². The van der Waals surface area contributed by atoms with Crippen LogP contribution in [0.5, 0.6) is 0 Å². The van der Waals surface area contributed by atoms with Gasteiger partial charge in [0.05, 0.1) is 6.54 Å². The third-order valence-electron chi connectivity index (χ3n) is 4.36. The molecular weight excluding hydrogens is 248 g/mol. The highest BCUT2D eigenvalue weighted by Crippen LogP contribution is 2.20. The third kappa shape index (κ3) is 4.60. The summed E-state index contributed by atoms with van der Waals surface area (Å²) >= 11 is 0. The predicted molar refractivity (Wildman–Crippen MR) is 83.7 cm³/mol. The van der Waals surface area contributed by atoms with Gasteiger partial charge in [-0.25, -0.2) is 0 Å². The minimum atomic E-state index is 0.464. The molecule has 0 bridgehead atoms. The number of nitrogens with one attached hydrogen (secondary N) is 1. The average Bonchev–Trinajstić information content (AvgIpc) is 2.92. The molecule has 0 radical (unpaired) electrons. The van der Waals surface area contributed by atoms with Crippen molar-refractivity contribution < 1.29 is 0 Å². The first-order valence-corrected chi connectivity index (χ1v) is 8.15. The summed E-state index contributed by atoms with van der Waals surface area (Å²) in [7, 11) is 0. The first-order chi connectivity index (χ1) is 9.69. The zero-order valence-corrected chi connectivity index (χ0v) is 13.3. The number of hydrogen-bond donors (Lipinski definition) is 1. The maximum absolute atomic E-state index is 4.28. The summed E-state index contributed by atoms with van der Waals surface area (Å²) in [6.45, 7) is 11.6. The smallest absolute Gasteiger partial charge is 0.0560 e. The van der Waals surface area contributed by atoms with Crippen molar-refractivity contribution in [2.24, 2.45) is 5.92 Å². The first kappa shape index (κ1) is 15.5. The molecule has 1 aliphatic rings. The summed E-state index contributed by atoms with van der Waals surface area (Å²) in [5.74, 6) is 0.787. The average molecular weight is 278 g/mol. The Kier molecular flexibility index (Phi) is 6.05. The van der Waals surface area contributed by atoms with Crippen LogP contribution < -0.4 is 5.32 Å². The van der Waals surface area contributed by atoms with Gasteiger partial charge in [0.2, 0.25) is 0 Å². The molecule has 0 amide bonds. The van der Waals surface area contributed by atoms with E-state index in [4.69, 9.17) is 0 Å². The van der Waals surface area contributed by atoms with Gasteiger partial charge < -0.3 is 10.2 Å². The summed E-state index contributed by atoms with van der Waals surface area (Å²) in [6.07, 6.45) is 7.86.